The van der Waals surface area contributed by atoms with E-state index < -0.39 is 0 Å². The normalized spacial score (nSPS) is 19.9. The Morgan fingerprint density at radius 3 is 2.84 bits per heavy atom. The molecule has 1 aromatic carbocycles. The van der Waals surface area contributed by atoms with Gasteiger partial charge in [-0.3, -0.25) is 5.32 Å². The van der Waals surface area contributed by atoms with Crippen molar-refractivity contribution in [1.29, 1.82) is 5.26 Å². The van der Waals surface area contributed by atoms with E-state index in [1.165, 1.54) is 0 Å². The topological polar surface area (TPSA) is 54.3 Å². The van der Waals surface area contributed by atoms with Gasteiger partial charge in [0, 0.05) is 13.2 Å². The predicted octanol–water partition coefficient (Wildman–Crippen LogP) is 2.42. The lowest BCUT2D eigenvalue weighted by atomic mass is 10.1. The molecule has 2 rings (SSSR count). The first kappa shape index (κ1) is 13.9. The molecule has 1 fully saturated rings. The highest BCUT2D eigenvalue weighted by Crippen LogP contribution is 2.18. The van der Waals surface area contributed by atoms with Gasteiger partial charge < -0.3 is 9.47 Å². The number of rotatable bonds is 6. The van der Waals surface area contributed by atoms with Gasteiger partial charge in [-0.2, -0.15) is 5.26 Å². The van der Waals surface area contributed by atoms with E-state index in [0.29, 0.717) is 6.61 Å². The maximum absolute atomic E-state index is 9.24. The van der Waals surface area contributed by atoms with Gasteiger partial charge in [0.05, 0.1) is 18.8 Å². The molecule has 19 heavy (non-hydrogen) atoms. The van der Waals surface area contributed by atoms with Crippen molar-refractivity contribution in [3.63, 3.8) is 0 Å². The van der Waals surface area contributed by atoms with E-state index in [-0.39, 0.29) is 12.1 Å². The lowest BCUT2D eigenvalue weighted by Crippen LogP contribution is -2.29. The zero-order chi connectivity index (χ0) is 13.5. The molecule has 1 heterocycles. The van der Waals surface area contributed by atoms with Crippen molar-refractivity contribution in [2.24, 2.45) is 0 Å². The van der Waals surface area contributed by atoms with Crippen molar-refractivity contribution in [2.75, 3.05) is 19.8 Å². The van der Waals surface area contributed by atoms with Gasteiger partial charge in [-0.1, -0.05) is 12.1 Å². The van der Waals surface area contributed by atoms with Crippen molar-refractivity contribution in [3.05, 3.63) is 29.8 Å². The standard InChI is InChI=1S/C15H20N2O2/c1-2-18-13-7-5-12(6-8-13)15(10-16)17-11-14-4-3-9-19-14/h5-8,14-15,17H,2-4,9,11H2,1H3. The molecule has 1 aliphatic heterocycles. The summed E-state index contributed by atoms with van der Waals surface area (Å²) in [6.45, 7) is 4.17. The molecule has 1 N–H and O–H groups in total. The average Bonchev–Trinajstić information content (AvgIpc) is 2.95. The van der Waals surface area contributed by atoms with Gasteiger partial charge in [0.1, 0.15) is 11.8 Å². The second-order valence-corrected chi connectivity index (χ2v) is 4.61. The molecular weight excluding hydrogens is 240 g/mol. The van der Waals surface area contributed by atoms with Crippen LogP contribution in [0.15, 0.2) is 24.3 Å². The highest BCUT2D eigenvalue weighted by atomic mass is 16.5. The van der Waals surface area contributed by atoms with Crippen LogP contribution in [0.2, 0.25) is 0 Å². The lowest BCUT2D eigenvalue weighted by Gasteiger charge is -2.15. The van der Waals surface area contributed by atoms with E-state index in [1.54, 1.807) is 0 Å². The number of nitrogens with zero attached hydrogens (tertiary/aromatic N) is 1. The summed E-state index contributed by atoms with van der Waals surface area (Å²) in [6, 6.07) is 9.66. The molecule has 2 atom stereocenters. The van der Waals surface area contributed by atoms with Gasteiger partial charge >= 0.3 is 0 Å². The summed E-state index contributed by atoms with van der Waals surface area (Å²) in [6.07, 6.45) is 2.44. The molecule has 4 heteroatoms. The summed E-state index contributed by atoms with van der Waals surface area (Å²) in [4.78, 5) is 0. The minimum atomic E-state index is -0.292. The lowest BCUT2D eigenvalue weighted by molar-refractivity contribution is 0.109. The van der Waals surface area contributed by atoms with Crippen LogP contribution in [0.1, 0.15) is 31.4 Å². The van der Waals surface area contributed by atoms with Crippen LogP contribution in [0.4, 0.5) is 0 Å². The molecule has 4 nitrogen and oxygen atoms in total. The van der Waals surface area contributed by atoms with Gasteiger partial charge in [0.15, 0.2) is 0 Å². The minimum absolute atomic E-state index is 0.249. The third-order valence-electron chi connectivity index (χ3n) is 3.23. The molecule has 1 aliphatic rings. The largest absolute Gasteiger partial charge is 0.494 e. The van der Waals surface area contributed by atoms with Gasteiger partial charge in [0.25, 0.3) is 0 Å². The van der Waals surface area contributed by atoms with Crippen LogP contribution in [-0.2, 0) is 4.74 Å². The maximum atomic E-state index is 9.24. The van der Waals surface area contributed by atoms with Crippen LogP contribution in [0.3, 0.4) is 0 Å². The van der Waals surface area contributed by atoms with Gasteiger partial charge in [-0.25, -0.2) is 0 Å². The Labute approximate surface area is 114 Å². The van der Waals surface area contributed by atoms with Crippen LogP contribution in [0.5, 0.6) is 5.75 Å². The first-order valence-corrected chi connectivity index (χ1v) is 6.81. The fourth-order valence-electron chi connectivity index (χ4n) is 2.22. The molecule has 0 saturated carbocycles. The van der Waals surface area contributed by atoms with E-state index >= 15 is 0 Å². The molecule has 2 unspecified atom stereocenters. The highest BCUT2D eigenvalue weighted by Gasteiger charge is 2.18. The monoisotopic (exact) mass is 260 g/mol. The Morgan fingerprint density at radius 2 is 2.26 bits per heavy atom. The van der Waals surface area contributed by atoms with Crippen LogP contribution < -0.4 is 10.1 Å². The Hall–Kier alpha value is -1.57. The molecule has 102 valence electrons. The van der Waals surface area contributed by atoms with Crippen molar-refractivity contribution in [2.45, 2.75) is 31.9 Å². The first-order chi connectivity index (χ1) is 9.33. The molecule has 1 aromatic rings. The summed E-state index contributed by atoms with van der Waals surface area (Å²) in [5.74, 6) is 0.835. The molecule has 0 amide bonds. The number of nitriles is 1. The zero-order valence-corrected chi connectivity index (χ0v) is 11.3. The van der Waals surface area contributed by atoms with E-state index in [1.807, 2.05) is 31.2 Å². The highest BCUT2D eigenvalue weighted by molar-refractivity contribution is 5.31. The summed E-state index contributed by atoms with van der Waals surface area (Å²) >= 11 is 0. The maximum Gasteiger partial charge on any atom is 0.121 e. The Morgan fingerprint density at radius 1 is 1.47 bits per heavy atom. The van der Waals surface area contributed by atoms with E-state index in [4.69, 9.17) is 9.47 Å². The second-order valence-electron chi connectivity index (χ2n) is 4.61. The fraction of sp³-hybridized carbons (Fsp3) is 0.533. The third kappa shape index (κ3) is 3.95. The zero-order valence-electron chi connectivity index (χ0n) is 11.3. The molecular formula is C15H20N2O2. The number of nitrogens with one attached hydrogen (secondary N) is 1. The quantitative estimate of drug-likeness (QED) is 0.853. The number of ether oxygens (including phenoxy) is 2. The van der Waals surface area contributed by atoms with Gasteiger partial charge in [-0.15, -0.1) is 0 Å². The Kier molecular flexibility index (Phi) is 5.20. The van der Waals surface area contributed by atoms with Gasteiger partial charge in [0.2, 0.25) is 0 Å². The molecule has 0 aromatic heterocycles. The number of hydrogen-bond acceptors (Lipinski definition) is 4. The Bertz CT molecular complexity index is 419. The summed E-state index contributed by atoms with van der Waals surface area (Å²) in [5.41, 5.74) is 0.962. The SMILES string of the molecule is CCOc1ccc(C(C#N)NCC2CCCO2)cc1. The second kappa shape index (κ2) is 7.13. The molecule has 0 aliphatic carbocycles. The van der Waals surface area contributed by atoms with Gasteiger partial charge in [-0.05, 0) is 37.5 Å². The van der Waals surface area contributed by atoms with Crippen LogP contribution in [0, 0.1) is 11.3 Å². The first-order valence-electron chi connectivity index (χ1n) is 6.81. The van der Waals surface area contributed by atoms with E-state index in [0.717, 1.165) is 37.3 Å². The van der Waals surface area contributed by atoms with E-state index in [9.17, 15) is 5.26 Å². The minimum Gasteiger partial charge on any atom is -0.494 e. The van der Waals surface area contributed by atoms with Crippen molar-refractivity contribution in [1.82, 2.24) is 5.32 Å². The summed E-state index contributed by atoms with van der Waals surface area (Å²) in [5, 5.41) is 12.5. The number of hydrogen-bond donors (Lipinski definition) is 1. The average molecular weight is 260 g/mol. The molecule has 0 bridgehead atoms. The Balaban J connectivity index is 1.90. The fourth-order valence-corrected chi connectivity index (χ4v) is 2.22. The van der Waals surface area contributed by atoms with Crippen LogP contribution in [0.25, 0.3) is 0 Å². The van der Waals surface area contributed by atoms with E-state index in [2.05, 4.69) is 11.4 Å². The van der Waals surface area contributed by atoms with Crippen molar-refractivity contribution >= 4 is 0 Å². The van der Waals surface area contributed by atoms with Crippen molar-refractivity contribution < 1.29 is 9.47 Å². The molecule has 0 radical (unpaired) electrons. The van der Waals surface area contributed by atoms with Crippen LogP contribution >= 0.6 is 0 Å². The van der Waals surface area contributed by atoms with Crippen LogP contribution in [-0.4, -0.2) is 25.9 Å². The third-order valence-corrected chi connectivity index (χ3v) is 3.23. The number of benzene rings is 1. The van der Waals surface area contributed by atoms with Crippen molar-refractivity contribution in [3.8, 4) is 11.8 Å². The molecule has 0 spiro atoms. The summed E-state index contributed by atoms with van der Waals surface area (Å²) < 4.78 is 10.9. The molecule has 1 saturated heterocycles. The smallest absolute Gasteiger partial charge is 0.121 e. The summed E-state index contributed by atoms with van der Waals surface area (Å²) in [7, 11) is 0. The predicted molar refractivity (Wildman–Crippen MR) is 72.9 cm³/mol.